The number of nitrogens with one attached hydrogen (secondary N) is 2. The molecule has 1 aromatic rings. The third-order valence-corrected chi connectivity index (χ3v) is 7.16. The molecule has 0 bridgehead atoms. The largest absolute Gasteiger partial charge is 0.352 e. The van der Waals surface area contributed by atoms with E-state index in [9.17, 15) is 23.3 Å². The molecule has 148 valence electrons. The number of hydrogen-bond donors (Lipinski definition) is 2. The molecular formula is C17H24N4O5S. The van der Waals surface area contributed by atoms with Crippen LogP contribution in [0.5, 0.6) is 0 Å². The smallest absolute Gasteiger partial charge is 0.270 e. The lowest BCUT2D eigenvalue weighted by molar-refractivity contribution is -0.385. The fourth-order valence-electron chi connectivity index (χ4n) is 3.69. The van der Waals surface area contributed by atoms with Gasteiger partial charge in [0, 0.05) is 24.7 Å². The first-order valence-corrected chi connectivity index (χ1v) is 10.5. The van der Waals surface area contributed by atoms with Crippen LogP contribution in [0.3, 0.4) is 0 Å². The number of carbonyl (C=O) groups excluding carboxylic acids is 1. The van der Waals surface area contributed by atoms with E-state index in [-0.39, 0.29) is 35.0 Å². The minimum atomic E-state index is -3.99. The van der Waals surface area contributed by atoms with Gasteiger partial charge in [0.25, 0.3) is 5.69 Å². The normalized spacial score (nSPS) is 26.6. The van der Waals surface area contributed by atoms with E-state index < -0.39 is 21.0 Å². The van der Waals surface area contributed by atoms with Crippen molar-refractivity contribution in [3.63, 3.8) is 0 Å². The highest BCUT2D eigenvalue weighted by Crippen LogP contribution is 2.28. The predicted octanol–water partition coefficient (Wildman–Crippen LogP) is 0.862. The zero-order valence-corrected chi connectivity index (χ0v) is 15.9. The molecule has 0 saturated carbocycles. The number of carbonyl (C=O) groups is 1. The summed E-state index contributed by atoms with van der Waals surface area (Å²) >= 11 is 0. The zero-order chi connectivity index (χ0) is 19.6. The van der Waals surface area contributed by atoms with E-state index in [4.69, 9.17) is 0 Å². The van der Waals surface area contributed by atoms with E-state index in [1.165, 1.54) is 22.5 Å². The van der Waals surface area contributed by atoms with Gasteiger partial charge in [-0.15, -0.1) is 0 Å². The Bertz CT molecular complexity index is 828. The number of nitro groups is 1. The van der Waals surface area contributed by atoms with E-state index in [0.717, 1.165) is 25.6 Å². The second kappa shape index (κ2) is 7.91. The van der Waals surface area contributed by atoms with Crippen molar-refractivity contribution in [3.05, 3.63) is 34.4 Å². The average molecular weight is 396 g/mol. The molecule has 2 fully saturated rings. The minimum Gasteiger partial charge on any atom is -0.352 e. The van der Waals surface area contributed by atoms with Gasteiger partial charge in [-0.3, -0.25) is 14.9 Å². The van der Waals surface area contributed by atoms with Crippen molar-refractivity contribution in [2.45, 2.75) is 43.2 Å². The molecule has 1 aromatic carbocycles. The summed E-state index contributed by atoms with van der Waals surface area (Å²) < 4.78 is 27.2. The lowest BCUT2D eigenvalue weighted by atomic mass is 9.95. The predicted molar refractivity (Wildman–Crippen MR) is 98.6 cm³/mol. The Kier molecular flexibility index (Phi) is 5.78. The van der Waals surface area contributed by atoms with Gasteiger partial charge in [-0.2, -0.15) is 4.31 Å². The van der Waals surface area contributed by atoms with Gasteiger partial charge in [-0.05, 0) is 44.3 Å². The van der Waals surface area contributed by atoms with Crippen LogP contribution in [0.1, 0.15) is 26.2 Å². The maximum absolute atomic E-state index is 13.0. The van der Waals surface area contributed by atoms with Crippen molar-refractivity contribution in [1.82, 2.24) is 14.9 Å². The third kappa shape index (κ3) is 4.12. The summed E-state index contributed by atoms with van der Waals surface area (Å²) in [5, 5.41) is 17.2. The minimum absolute atomic E-state index is 0.0155. The van der Waals surface area contributed by atoms with Gasteiger partial charge in [-0.1, -0.05) is 13.0 Å². The second-order valence-corrected chi connectivity index (χ2v) is 9.00. The summed E-state index contributed by atoms with van der Waals surface area (Å²) in [6.07, 6.45) is 1.82. The first-order chi connectivity index (χ1) is 12.8. The summed E-state index contributed by atoms with van der Waals surface area (Å²) in [7, 11) is -3.99. The molecule has 0 aliphatic carbocycles. The summed E-state index contributed by atoms with van der Waals surface area (Å²) in [6, 6.07) is 4.18. The quantitative estimate of drug-likeness (QED) is 0.562. The molecule has 3 atom stereocenters. The van der Waals surface area contributed by atoms with Crippen LogP contribution < -0.4 is 10.6 Å². The van der Waals surface area contributed by atoms with Crippen LogP contribution in [0.2, 0.25) is 0 Å². The topological polar surface area (TPSA) is 122 Å². The molecule has 2 aliphatic heterocycles. The van der Waals surface area contributed by atoms with Gasteiger partial charge in [0.15, 0.2) is 0 Å². The van der Waals surface area contributed by atoms with Crippen molar-refractivity contribution >= 4 is 21.6 Å². The van der Waals surface area contributed by atoms with Crippen LogP contribution >= 0.6 is 0 Å². The number of nitro benzene ring substituents is 1. The van der Waals surface area contributed by atoms with E-state index in [1.807, 2.05) is 6.92 Å². The number of rotatable bonds is 5. The van der Waals surface area contributed by atoms with Crippen molar-refractivity contribution < 1.29 is 18.1 Å². The molecule has 2 saturated heterocycles. The molecule has 1 amide bonds. The molecule has 3 unspecified atom stereocenters. The van der Waals surface area contributed by atoms with Gasteiger partial charge in [0.2, 0.25) is 15.9 Å². The molecule has 3 rings (SSSR count). The van der Waals surface area contributed by atoms with Gasteiger partial charge < -0.3 is 10.6 Å². The molecule has 2 aliphatic rings. The Labute approximate surface area is 158 Å². The van der Waals surface area contributed by atoms with Gasteiger partial charge in [0.1, 0.15) is 6.04 Å². The maximum atomic E-state index is 13.0. The summed E-state index contributed by atoms with van der Waals surface area (Å²) in [4.78, 5) is 22.9. The highest BCUT2D eigenvalue weighted by molar-refractivity contribution is 7.89. The Morgan fingerprint density at radius 1 is 1.37 bits per heavy atom. The van der Waals surface area contributed by atoms with Crippen molar-refractivity contribution in [1.29, 1.82) is 0 Å². The van der Waals surface area contributed by atoms with Crippen molar-refractivity contribution in [2.75, 3.05) is 19.6 Å². The third-order valence-electron chi connectivity index (χ3n) is 5.25. The SMILES string of the molecule is CC1CNCCC1NC(=O)C1CCCN1S(=O)(=O)c1cccc([N+](=O)[O-])c1. The van der Waals surface area contributed by atoms with E-state index in [2.05, 4.69) is 10.6 Å². The van der Waals surface area contributed by atoms with E-state index >= 15 is 0 Å². The maximum Gasteiger partial charge on any atom is 0.270 e. The Balaban J connectivity index is 1.79. The van der Waals surface area contributed by atoms with Crippen LogP contribution in [-0.2, 0) is 14.8 Å². The Hall–Kier alpha value is -2.04. The molecule has 0 radical (unpaired) electrons. The molecule has 27 heavy (non-hydrogen) atoms. The number of nitrogens with zero attached hydrogens (tertiary/aromatic N) is 2. The number of hydrogen-bond acceptors (Lipinski definition) is 6. The average Bonchev–Trinajstić information content (AvgIpc) is 3.14. The number of non-ortho nitro benzene ring substituents is 1. The van der Waals surface area contributed by atoms with Gasteiger partial charge in [0.05, 0.1) is 9.82 Å². The van der Waals surface area contributed by atoms with E-state index in [0.29, 0.717) is 12.8 Å². The fourth-order valence-corrected chi connectivity index (χ4v) is 5.39. The van der Waals surface area contributed by atoms with Crippen LogP contribution in [0, 0.1) is 16.0 Å². The molecule has 9 nitrogen and oxygen atoms in total. The van der Waals surface area contributed by atoms with Crippen LogP contribution in [0.25, 0.3) is 0 Å². The highest BCUT2D eigenvalue weighted by atomic mass is 32.2. The van der Waals surface area contributed by atoms with Crippen molar-refractivity contribution in [3.8, 4) is 0 Å². The fraction of sp³-hybridized carbons (Fsp3) is 0.588. The second-order valence-electron chi connectivity index (χ2n) is 7.11. The molecule has 2 heterocycles. The molecular weight excluding hydrogens is 372 g/mol. The first-order valence-electron chi connectivity index (χ1n) is 9.08. The first kappa shape index (κ1) is 19.7. The zero-order valence-electron chi connectivity index (χ0n) is 15.1. The van der Waals surface area contributed by atoms with E-state index in [1.54, 1.807) is 0 Å². The number of benzene rings is 1. The lowest BCUT2D eigenvalue weighted by Gasteiger charge is -2.32. The van der Waals surface area contributed by atoms with Crippen LogP contribution in [-0.4, -0.2) is 55.3 Å². The highest BCUT2D eigenvalue weighted by Gasteiger charge is 2.40. The molecule has 0 spiro atoms. The van der Waals surface area contributed by atoms with Crippen molar-refractivity contribution in [2.24, 2.45) is 5.92 Å². The number of sulfonamides is 1. The molecule has 0 aromatic heterocycles. The summed E-state index contributed by atoms with van der Waals surface area (Å²) in [6.45, 7) is 3.90. The lowest BCUT2D eigenvalue weighted by Crippen LogP contribution is -2.53. The van der Waals surface area contributed by atoms with Gasteiger partial charge in [-0.25, -0.2) is 8.42 Å². The number of amides is 1. The Morgan fingerprint density at radius 3 is 2.85 bits per heavy atom. The Morgan fingerprint density at radius 2 is 2.15 bits per heavy atom. The molecule has 2 N–H and O–H groups in total. The molecule has 10 heteroatoms. The summed E-state index contributed by atoms with van der Waals surface area (Å²) in [5.74, 6) is -0.0220. The van der Waals surface area contributed by atoms with Crippen LogP contribution in [0.15, 0.2) is 29.2 Å². The number of piperidine rings is 1. The monoisotopic (exact) mass is 396 g/mol. The van der Waals surface area contributed by atoms with Crippen LogP contribution in [0.4, 0.5) is 5.69 Å². The summed E-state index contributed by atoms with van der Waals surface area (Å²) in [5.41, 5.74) is -0.292. The standard InChI is InChI=1S/C17H24N4O5S/c1-12-11-18-8-7-15(12)19-17(22)16-6-3-9-20(16)27(25,26)14-5-2-4-13(10-14)21(23)24/h2,4-5,10,12,15-16,18H,3,6-9,11H2,1H3,(H,19,22). The van der Waals surface area contributed by atoms with Gasteiger partial charge >= 0.3 is 0 Å².